The minimum Gasteiger partial charge on any atom is -0.237 e. The molecule has 6 nitrogen and oxygen atoms in total. The van der Waals surface area contributed by atoms with Crippen molar-refractivity contribution in [1.82, 2.24) is 0 Å². The Labute approximate surface area is 220 Å². The lowest BCUT2D eigenvalue weighted by molar-refractivity contribution is -0.137. The van der Waals surface area contributed by atoms with Gasteiger partial charge in [-0.1, -0.05) is 12.1 Å². The van der Waals surface area contributed by atoms with Gasteiger partial charge in [0.25, 0.3) is 11.4 Å². The number of rotatable bonds is 0. The van der Waals surface area contributed by atoms with Gasteiger partial charge in [-0.2, -0.15) is 18.4 Å². The number of alkyl halides is 3. The number of halogens is 3. The van der Waals surface area contributed by atoms with Crippen LogP contribution in [-0.4, -0.2) is 0 Å². The molecule has 2 aliphatic rings. The van der Waals surface area contributed by atoms with Crippen molar-refractivity contribution in [3.05, 3.63) is 121 Å². The van der Waals surface area contributed by atoms with Crippen LogP contribution in [0.5, 0.6) is 0 Å². The van der Waals surface area contributed by atoms with Crippen LogP contribution in [0.3, 0.4) is 0 Å². The second kappa shape index (κ2) is 8.47. The number of aryl methyl sites for hydroxylation is 1. The maximum atomic E-state index is 13.8. The van der Waals surface area contributed by atoms with Gasteiger partial charge in [0.1, 0.15) is 0 Å². The van der Waals surface area contributed by atoms with Crippen LogP contribution in [0.25, 0.3) is 47.9 Å². The zero-order valence-corrected chi connectivity index (χ0v) is 19.8. The topological polar surface area (TPSA) is 84.5 Å². The monoisotopic (exact) mass is 510 g/mol. The quantitative estimate of drug-likeness (QED) is 0.157. The molecular formula is C30H9F3N6. The van der Waals surface area contributed by atoms with Crippen LogP contribution < -0.4 is 0 Å². The standard InChI is InChI=1S/C30H9F3N6/c1-14-5-6-16-18-8-19-17-7-15(11-34)23(30(31,32)33)10-22(17)26(24(12-35)37-2)20(19)9-21(18)27(25(13-36)38-3)28(16)29(14)39-4/h5-10H,1H3/b26-24+,27-25-. The third-order valence-electron chi connectivity index (χ3n) is 6.78. The zero-order valence-electron chi connectivity index (χ0n) is 19.8. The lowest BCUT2D eigenvalue weighted by Crippen LogP contribution is -2.08. The molecule has 9 heteroatoms. The fraction of sp³-hybridized carbons (Fsp3) is 0.0667. The summed E-state index contributed by atoms with van der Waals surface area (Å²) in [5, 5.41) is 28.9. The lowest BCUT2D eigenvalue weighted by atomic mass is 9.94. The van der Waals surface area contributed by atoms with Gasteiger partial charge in [-0.05, 0) is 86.8 Å². The summed E-state index contributed by atoms with van der Waals surface area (Å²) in [4.78, 5) is 10.2. The molecule has 39 heavy (non-hydrogen) atoms. The molecule has 0 aromatic heterocycles. The van der Waals surface area contributed by atoms with Crippen LogP contribution in [0.1, 0.15) is 38.9 Å². The van der Waals surface area contributed by atoms with E-state index in [4.69, 9.17) is 19.7 Å². The van der Waals surface area contributed by atoms with Crippen molar-refractivity contribution in [3.63, 3.8) is 0 Å². The first-order valence-electron chi connectivity index (χ1n) is 11.0. The van der Waals surface area contributed by atoms with Crippen LogP contribution in [0.15, 0.2) is 47.8 Å². The number of benzene rings is 3. The van der Waals surface area contributed by atoms with Gasteiger partial charge in [-0.25, -0.2) is 25.1 Å². The smallest absolute Gasteiger partial charge is 0.237 e. The molecule has 2 aliphatic carbocycles. The van der Waals surface area contributed by atoms with Crippen molar-refractivity contribution in [2.24, 2.45) is 0 Å². The Hall–Kier alpha value is -6.13. The van der Waals surface area contributed by atoms with Crippen LogP contribution >= 0.6 is 0 Å². The molecular weight excluding hydrogens is 501 g/mol. The van der Waals surface area contributed by atoms with E-state index in [1.54, 1.807) is 43.3 Å². The van der Waals surface area contributed by atoms with Crippen LogP contribution in [0, 0.1) is 60.6 Å². The summed E-state index contributed by atoms with van der Waals surface area (Å²) in [6.45, 7) is 24.5. The van der Waals surface area contributed by atoms with Gasteiger partial charge in [0.05, 0.1) is 49.1 Å². The maximum Gasteiger partial charge on any atom is 0.417 e. The van der Waals surface area contributed by atoms with Gasteiger partial charge in [-0.3, -0.25) is 0 Å². The normalized spacial score (nSPS) is 14.6. The minimum absolute atomic E-state index is 0.0188. The van der Waals surface area contributed by atoms with Crippen LogP contribution in [0.4, 0.5) is 18.9 Å². The molecule has 0 N–H and O–H groups in total. The third-order valence-corrected chi connectivity index (χ3v) is 6.78. The Morgan fingerprint density at radius 2 is 1.28 bits per heavy atom. The van der Waals surface area contributed by atoms with E-state index in [2.05, 4.69) is 14.5 Å². The van der Waals surface area contributed by atoms with E-state index >= 15 is 0 Å². The Morgan fingerprint density at radius 3 is 1.85 bits per heavy atom. The van der Waals surface area contributed by atoms with Crippen molar-refractivity contribution in [1.29, 1.82) is 15.8 Å². The Bertz CT molecular complexity index is 1990. The molecule has 0 bridgehead atoms. The SMILES string of the molecule is [C-]#[N+]/C(C#N)=C1/c2cc3c(cc2-c2ccc(C)c([N+]#[C-])c21)-c1cc(C#N)c(C(F)(F)F)cc1/C3=C(\C#N)[N+]#[C-]. The number of allylic oxidation sites excluding steroid dienone is 2. The van der Waals surface area contributed by atoms with E-state index in [1.807, 2.05) is 6.07 Å². The number of nitriles is 3. The fourth-order valence-electron chi connectivity index (χ4n) is 5.19. The molecule has 0 radical (unpaired) electrons. The molecule has 0 saturated carbocycles. The molecule has 0 fully saturated rings. The maximum absolute atomic E-state index is 13.8. The highest BCUT2D eigenvalue weighted by Gasteiger charge is 2.39. The highest BCUT2D eigenvalue weighted by Crippen LogP contribution is 2.56. The zero-order chi connectivity index (χ0) is 28.2. The van der Waals surface area contributed by atoms with Gasteiger partial charge in [0.2, 0.25) is 0 Å². The van der Waals surface area contributed by atoms with E-state index in [0.29, 0.717) is 33.4 Å². The first-order chi connectivity index (χ1) is 18.6. The summed E-state index contributed by atoms with van der Waals surface area (Å²) in [5.74, 6) is 0. The summed E-state index contributed by atoms with van der Waals surface area (Å²) < 4.78 is 41.5. The minimum atomic E-state index is -4.85. The molecule has 3 aromatic carbocycles. The predicted molar refractivity (Wildman–Crippen MR) is 135 cm³/mol. The van der Waals surface area contributed by atoms with Crippen molar-refractivity contribution >= 4 is 16.8 Å². The van der Waals surface area contributed by atoms with Gasteiger partial charge in [-0.15, -0.1) is 0 Å². The van der Waals surface area contributed by atoms with Gasteiger partial charge in [0.15, 0.2) is 5.69 Å². The number of hydrogen-bond acceptors (Lipinski definition) is 3. The second-order valence-electron chi connectivity index (χ2n) is 8.66. The van der Waals surface area contributed by atoms with E-state index in [-0.39, 0.29) is 39.2 Å². The summed E-state index contributed by atoms with van der Waals surface area (Å²) in [6, 6.07) is 13.8. The van der Waals surface area contributed by atoms with E-state index in [0.717, 1.165) is 12.1 Å². The van der Waals surface area contributed by atoms with Crippen molar-refractivity contribution in [2.75, 3.05) is 0 Å². The van der Waals surface area contributed by atoms with Crippen LogP contribution in [0.2, 0.25) is 0 Å². The molecule has 5 rings (SSSR count). The molecule has 3 aromatic rings. The van der Waals surface area contributed by atoms with Gasteiger partial charge in [0, 0.05) is 5.57 Å². The summed E-state index contributed by atoms with van der Waals surface area (Å²) in [6.07, 6.45) is -4.85. The number of fused-ring (bicyclic) bond motifs is 6. The van der Waals surface area contributed by atoms with Crippen LogP contribution in [-0.2, 0) is 6.18 Å². The number of hydrogen-bond donors (Lipinski definition) is 0. The Morgan fingerprint density at radius 1 is 0.744 bits per heavy atom. The van der Waals surface area contributed by atoms with E-state index < -0.39 is 23.0 Å². The second-order valence-corrected chi connectivity index (χ2v) is 8.66. The molecule has 0 spiro atoms. The van der Waals surface area contributed by atoms with Crippen molar-refractivity contribution in [3.8, 4) is 40.5 Å². The summed E-state index contributed by atoms with van der Waals surface area (Å²) >= 11 is 0. The van der Waals surface area contributed by atoms with E-state index in [9.17, 15) is 29.0 Å². The molecule has 0 amide bonds. The van der Waals surface area contributed by atoms with Crippen molar-refractivity contribution < 1.29 is 13.2 Å². The average Bonchev–Trinajstić information content (AvgIpc) is 3.40. The first kappa shape index (κ1) is 24.6. The predicted octanol–water partition coefficient (Wildman–Crippen LogP) is 7.80. The molecule has 0 unspecified atom stereocenters. The highest BCUT2D eigenvalue weighted by molar-refractivity contribution is 6.12. The largest absolute Gasteiger partial charge is 0.417 e. The van der Waals surface area contributed by atoms with Gasteiger partial charge < -0.3 is 0 Å². The number of nitrogens with zero attached hydrogens (tertiary/aromatic N) is 6. The Kier molecular flexibility index (Phi) is 5.34. The third kappa shape index (κ3) is 3.30. The molecule has 0 atom stereocenters. The highest BCUT2D eigenvalue weighted by atomic mass is 19.4. The molecule has 0 heterocycles. The molecule has 0 aliphatic heterocycles. The Balaban J connectivity index is 1.98. The summed E-state index contributed by atoms with van der Waals surface area (Å²) in [5.41, 5.74) is 1.30. The fourth-order valence-corrected chi connectivity index (χ4v) is 5.19. The average molecular weight is 510 g/mol. The molecule has 0 saturated heterocycles. The summed E-state index contributed by atoms with van der Waals surface area (Å²) in [7, 11) is 0. The lowest BCUT2D eigenvalue weighted by Gasteiger charge is -2.12. The van der Waals surface area contributed by atoms with E-state index in [1.165, 1.54) is 0 Å². The molecule has 180 valence electrons. The first-order valence-corrected chi connectivity index (χ1v) is 11.0. The van der Waals surface area contributed by atoms with Crippen molar-refractivity contribution in [2.45, 2.75) is 13.1 Å². The van der Waals surface area contributed by atoms with Gasteiger partial charge >= 0.3 is 6.18 Å².